The number of likely N-dealkylation sites (tertiary alicyclic amines) is 1. The van der Waals surface area contributed by atoms with E-state index in [4.69, 9.17) is 21.1 Å². The fourth-order valence-electron chi connectivity index (χ4n) is 6.74. The van der Waals surface area contributed by atoms with Crippen molar-refractivity contribution in [3.05, 3.63) is 89.5 Å². The molecule has 6 rings (SSSR count). The first-order chi connectivity index (χ1) is 21.3. The molecule has 11 heteroatoms. The number of hydrogen-bond acceptors (Lipinski definition) is 7. The molecule has 230 valence electrons. The Hall–Kier alpha value is -3.99. The van der Waals surface area contributed by atoms with Gasteiger partial charge in [0.25, 0.3) is 5.91 Å². The minimum Gasteiger partial charge on any atom is -0.463 e. The van der Waals surface area contributed by atoms with E-state index in [9.17, 15) is 24.3 Å². The van der Waals surface area contributed by atoms with Gasteiger partial charge < -0.3 is 29.7 Å². The van der Waals surface area contributed by atoms with Gasteiger partial charge in [0.15, 0.2) is 0 Å². The second-order valence-corrected chi connectivity index (χ2v) is 11.8. The van der Waals surface area contributed by atoms with Crippen LogP contribution in [0.25, 0.3) is 0 Å². The first-order valence-corrected chi connectivity index (χ1v) is 15.2. The number of fused-ring (bicyclic) bond motifs is 2. The van der Waals surface area contributed by atoms with Gasteiger partial charge in [0.1, 0.15) is 18.2 Å². The number of allylic oxidation sites excluding steroid dienone is 1. The third kappa shape index (κ3) is 5.42. The van der Waals surface area contributed by atoms with Crippen LogP contribution in [0, 0.1) is 11.8 Å². The quantitative estimate of drug-likeness (QED) is 0.389. The molecule has 3 amide bonds. The number of ether oxygens (including phenoxy) is 2. The normalized spacial score (nSPS) is 31.2. The maximum absolute atomic E-state index is 14.6. The minimum absolute atomic E-state index is 0.0791. The number of halogens is 1. The fraction of sp³-hybridized carbons (Fsp3) is 0.394. The van der Waals surface area contributed by atoms with Gasteiger partial charge in [-0.25, -0.2) is 0 Å². The van der Waals surface area contributed by atoms with E-state index in [-0.39, 0.29) is 51.0 Å². The predicted molar refractivity (Wildman–Crippen MR) is 161 cm³/mol. The van der Waals surface area contributed by atoms with Gasteiger partial charge in [-0.05, 0) is 42.7 Å². The molecule has 2 N–H and O–H groups in total. The number of anilines is 1. The van der Waals surface area contributed by atoms with E-state index in [0.717, 1.165) is 5.56 Å². The molecule has 5 bridgehead atoms. The number of nitrogens with one attached hydrogen (secondary N) is 1. The molecule has 0 unspecified atom stereocenters. The molecule has 0 aromatic heterocycles. The van der Waals surface area contributed by atoms with Gasteiger partial charge in [0.05, 0.1) is 24.0 Å². The zero-order valence-electron chi connectivity index (χ0n) is 24.0. The lowest BCUT2D eigenvalue weighted by atomic mass is 9.74. The van der Waals surface area contributed by atoms with Gasteiger partial charge in [-0.1, -0.05) is 66.2 Å². The number of rotatable bonds is 5. The van der Waals surface area contributed by atoms with Gasteiger partial charge in [-0.2, -0.15) is 0 Å². The monoisotopic (exact) mass is 619 g/mol. The van der Waals surface area contributed by atoms with E-state index >= 15 is 0 Å². The molecule has 0 radical (unpaired) electrons. The Morgan fingerprint density at radius 1 is 1.00 bits per heavy atom. The summed E-state index contributed by atoms with van der Waals surface area (Å²) in [5, 5.41) is 13.2. The number of carbonyl (C=O) groups is 4. The Labute approximate surface area is 260 Å². The molecular formula is C33H34ClN3O7. The molecule has 10 nitrogen and oxygen atoms in total. The maximum atomic E-state index is 14.6. The number of carbonyl (C=O) groups excluding carboxylic acids is 4. The third-order valence-corrected chi connectivity index (χ3v) is 9.02. The van der Waals surface area contributed by atoms with Crippen LogP contribution in [-0.2, 0) is 28.7 Å². The summed E-state index contributed by atoms with van der Waals surface area (Å²) in [6.07, 6.45) is 7.16. The first-order valence-electron chi connectivity index (χ1n) is 14.9. The molecule has 2 aromatic carbocycles. The molecule has 6 atom stereocenters. The molecule has 44 heavy (non-hydrogen) atoms. The maximum Gasteiger partial charge on any atom is 0.306 e. The molecule has 0 saturated carbocycles. The topological polar surface area (TPSA) is 125 Å². The molecule has 4 aliphatic rings. The van der Waals surface area contributed by atoms with Gasteiger partial charge in [0.2, 0.25) is 11.8 Å². The highest BCUT2D eigenvalue weighted by Gasteiger charge is 2.73. The summed E-state index contributed by atoms with van der Waals surface area (Å²) < 4.78 is 12.0. The molecule has 0 aliphatic carbocycles. The summed E-state index contributed by atoms with van der Waals surface area (Å²) in [4.78, 5) is 58.5. The van der Waals surface area contributed by atoms with Crippen LogP contribution in [0.5, 0.6) is 0 Å². The molecule has 2 fully saturated rings. The molecular weight excluding hydrogens is 586 g/mol. The van der Waals surface area contributed by atoms with Crippen molar-refractivity contribution in [2.24, 2.45) is 11.8 Å². The smallest absolute Gasteiger partial charge is 0.306 e. The predicted octanol–water partition coefficient (Wildman–Crippen LogP) is 2.96. The Kier molecular flexibility index (Phi) is 8.57. The molecule has 4 heterocycles. The third-order valence-electron chi connectivity index (χ3n) is 8.77. The Morgan fingerprint density at radius 2 is 1.77 bits per heavy atom. The zero-order chi connectivity index (χ0) is 30.8. The van der Waals surface area contributed by atoms with Crippen LogP contribution in [0.1, 0.15) is 30.9 Å². The Morgan fingerprint density at radius 3 is 2.52 bits per heavy atom. The van der Waals surface area contributed by atoms with Gasteiger partial charge in [-0.3, -0.25) is 19.2 Å². The van der Waals surface area contributed by atoms with Crippen LogP contribution in [-0.4, -0.2) is 77.7 Å². The Bertz CT molecular complexity index is 1480. The number of esters is 1. The first kappa shape index (κ1) is 30.1. The number of aliphatic hydroxyl groups is 1. The van der Waals surface area contributed by atoms with Gasteiger partial charge in [0, 0.05) is 36.8 Å². The summed E-state index contributed by atoms with van der Waals surface area (Å²) in [7, 11) is 0. The molecule has 2 saturated heterocycles. The second-order valence-electron chi connectivity index (χ2n) is 11.4. The van der Waals surface area contributed by atoms with Crippen LogP contribution in [0.15, 0.2) is 78.9 Å². The highest BCUT2D eigenvalue weighted by Crippen LogP contribution is 2.55. The standard InChI is InChI=1S/C33H34ClN3O7/c34-22-11-13-23(14-12-22)36-17-6-2-5-10-26(39)43-20-24(21-8-3-1-4-9-21)35-30(40)27-25-15-16-33(44-25)28(27)31(41)37(18-7-19-38)29(33)32(36)42/h1-4,6,8-9,11-16,24-25,27-29,38H,5,7,10,17-20H2,(H,35,40)/b6-2-/t24-,25-,27+,28+,29-,33+/m1/s1. The van der Waals surface area contributed by atoms with Crippen molar-refractivity contribution in [1.82, 2.24) is 10.2 Å². The summed E-state index contributed by atoms with van der Waals surface area (Å²) in [6.45, 7) is 0.0198. The van der Waals surface area contributed by atoms with Crippen molar-refractivity contribution >= 4 is 41.0 Å². The SMILES string of the molecule is O=C1CC/C=C\CN(c2ccc(Cl)cc2)C(=O)[C@H]2N(CCCO)C(=O)[C@@H]3[C@@H](C(=O)N[C@@H](c4ccccc4)CO1)[C@H]1C=C[C@]32O1. The molecule has 2 aromatic rings. The summed E-state index contributed by atoms with van der Waals surface area (Å²) in [6, 6.07) is 14.3. The van der Waals surface area contributed by atoms with E-state index < -0.39 is 47.5 Å². The van der Waals surface area contributed by atoms with Crippen molar-refractivity contribution in [1.29, 1.82) is 0 Å². The minimum atomic E-state index is -1.37. The van der Waals surface area contributed by atoms with Crippen LogP contribution < -0.4 is 10.2 Å². The van der Waals surface area contributed by atoms with E-state index in [1.54, 1.807) is 47.4 Å². The number of aliphatic hydroxyl groups excluding tert-OH is 1. The zero-order valence-corrected chi connectivity index (χ0v) is 24.8. The van der Waals surface area contributed by atoms with Crippen molar-refractivity contribution in [2.45, 2.75) is 43.1 Å². The van der Waals surface area contributed by atoms with E-state index in [1.165, 1.54) is 4.90 Å². The number of amides is 3. The van der Waals surface area contributed by atoms with E-state index in [2.05, 4.69) is 5.32 Å². The van der Waals surface area contributed by atoms with Gasteiger partial charge in [-0.15, -0.1) is 0 Å². The highest BCUT2D eigenvalue weighted by atomic mass is 35.5. The second kappa shape index (κ2) is 12.6. The van der Waals surface area contributed by atoms with Gasteiger partial charge >= 0.3 is 5.97 Å². The van der Waals surface area contributed by atoms with Crippen LogP contribution in [0.3, 0.4) is 0 Å². The summed E-state index contributed by atoms with van der Waals surface area (Å²) in [5.41, 5.74) is -0.0602. The lowest BCUT2D eigenvalue weighted by Gasteiger charge is -2.36. The summed E-state index contributed by atoms with van der Waals surface area (Å²) in [5.74, 6) is -3.48. The number of cyclic esters (lactones) is 1. The average Bonchev–Trinajstić information content (AvgIpc) is 3.67. The van der Waals surface area contributed by atoms with E-state index in [1.807, 2.05) is 36.4 Å². The fourth-order valence-corrected chi connectivity index (χ4v) is 6.87. The molecule has 1 spiro atoms. The van der Waals surface area contributed by atoms with Crippen LogP contribution in [0.4, 0.5) is 5.69 Å². The number of hydrogen-bond donors (Lipinski definition) is 2. The highest BCUT2D eigenvalue weighted by molar-refractivity contribution is 6.30. The van der Waals surface area contributed by atoms with Crippen LogP contribution >= 0.6 is 11.6 Å². The van der Waals surface area contributed by atoms with Crippen LogP contribution in [0.2, 0.25) is 5.02 Å². The average molecular weight is 620 g/mol. The van der Waals surface area contributed by atoms with Crippen molar-refractivity contribution < 1.29 is 33.8 Å². The van der Waals surface area contributed by atoms with Crippen molar-refractivity contribution in [2.75, 3.05) is 31.2 Å². The largest absolute Gasteiger partial charge is 0.463 e. The Balaban J connectivity index is 1.42. The molecule has 4 aliphatic heterocycles. The lowest BCUT2D eigenvalue weighted by Crippen LogP contribution is -2.56. The van der Waals surface area contributed by atoms with E-state index in [0.29, 0.717) is 17.1 Å². The number of nitrogens with zero attached hydrogens (tertiary/aromatic N) is 2. The summed E-state index contributed by atoms with van der Waals surface area (Å²) >= 11 is 6.14. The van der Waals surface area contributed by atoms with Crippen molar-refractivity contribution in [3.8, 4) is 0 Å². The number of benzene rings is 2. The van der Waals surface area contributed by atoms with Crippen molar-refractivity contribution in [3.63, 3.8) is 0 Å². The lowest BCUT2D eigenvalue weighted by molar-refractivity contribution is -0.145.